The van der Waals surface area contributed by atoms with Crippen molar-refractivity contribution in [2.45, 2.75) is 25.8 Å². The molecule has 7 heteroatoms. The molecule has 4 amide bonds. The number of hydrogen-bond acceptors (Lipinski definition) is 5. The molecule has 1 aliphatic carbocycles. The Balaban J connectivity index is 2.28. The second kappa shape index (κ2) is 3.54. The summed E-state index contributed by atoms with van der Waals surface area (Å²) in [5, 5.41) is 2.09. The van der Waals surface area contributed by atoms with Crippen LogP contribution in [0.4, 0.5) is 4.79 Å². The van der Waals surface area contributed by atoms with E-state index in [9.17, 15) is 19.2 Å². The molecule has 2 rings (SSSR count). The Morgan fingerprint density at radius 3 is 2.47 bits per heavy atom. The normalized spacial score (nSPS) is 23.4. The summed E-state index contributed by atoms with van der Waals surface area (Å²) in [6.45, 7) is 1.38. The van der Waals surface area contributed by atoms with E-state index in [1.807, 2.05) is 0 Å². The largest absolute Gasteiger partial charge is 0.467 e. The van der Waals surface area contributed by atoms with E-state index >= 15 is 0 Å². The van der Waals surface area contributed by atoms with Crippen molar-refractivity contribution >= 4 is 23.8 Å². The lowest BCUT2D eigenvalue weighted by atomic mass is 10.0. The molecular weight excluding hydrogens is 228 g/mol. The molecular formula is C10H12N2O5. The van der Waals surface area contributed by atoms with Gasteiger partial charge in [-0.05, 0) is 19.8 Å². The molecule has 1 unspecified atom stereocenters. The Hall–Kier alpha value is -1.92. The summed E-state index contributed by atoms with van der Waals surface area (Å²) in [5.74, 6) is -1.87. The van der Waals surface area contributed by atoms with Crippen LogP contribution in [0.5, 0.6) is 0 Å². The van der Waals surface area contributed by atoms with Crippen LogP contribution in [0.25, 0.3) is 0 Å². The standard InChI is InChI=1S/C10H12N2O5/c1-5(6(13)17-2)12-8(15)10(3-4-10)7(14)11-9(12)16/h5H,3-4H2,1-2H3,(H,11,14,16). The fourth-order valence-corrected chi connectivity index (χ4v) is 1.89. The highest BCUT2D eigenvalue weighted by atomic mass is 16.5. The molecule has 1 atom stereocenters. The molecule has 1 N–H and O–H groups in total. The molecule has 0 aromatic rings. The summed E-state index contributed by atoms with van der Waals surface area (Å²) < 4.78 is 4.48. The molecule has 1 aliphatic heterocycles. The quantitative estimate of drug-likeness (QED) is 0.514. The van der Waals surface area contributed by atoms with Crippen LogP contribution in [0.2, 0.25) is 0 Å². The van der Waals surface area contributed by atoms with Gasteiger partial charge in [0.1, 0.15) is 11.5 Å². The lowest BCUT2D eigenvalue weighted by molar-refractivity contribution is -0.155. The highest BCUT2D eigenvalue weighted by Gasteiger charge is 2.63. The van der Waals surface area contributed by atoms with Crippen molar-refractivity contribution in [3.63, 3.8) is 0 Å². The van der Waals surface area contributed by atoms with Gasteiger partial charge in [0, 0.05) is 0 Å². The fourth-order valence-electron chi connectivity index (χ4n) is 1.89. The molecule has 1 spiro atoms. The molecule has 2 fully saturated rings. The van der Waals surface area contributed by atoms with Crippen LogP contribution in [0, 0.1) is 5.41 Å². The third-order valence-corrected chi connectivity index (χ3v) is 3.18. The van der Waals surface area contributed by atoms with Crippen LogP contribution >= 0.6 is 0 Å². The van der Waals surface area contributed by atoms with Crippen LogP contribution in [-0.4, -0.2) is 41.9 Å². The van der Waals surface area contributed by atoms with Gasteiger partial charge in [0.2, 0.25) is 11.8 Å². The molecule has 1 saturated carbocycles. The van der Waals surface area contributed by atoms with E-state index in [0.717, 1.165) is 4.90 Å². The third-order valence-electron chi connectivity index (χ3n) is 3.18. The number of amides is 4. The van der Waals surface area contributed by atoms with Crippen molar-refractivity contribution < 1.29 is 23.9 Å². The topological polar surface area (TPSA) is 92.8 Å². The Kier molecular flexibility index (Phi) is 2.41. The Morgan fingerprint density at radius 2 is 2.00 bits per heavy atom. The second-order valence-electron chi connectivity index (χ2n) is 4.22. The van der Waals surface area contributed by atoms with Gasteiger partial charge in [0.05, 0.1) is 7.11 Å². The minimum Gasteiger partial charge on any atom is -0.467 e. The van der Waals surface area contributed by atoms with Gasteiger partial charge in [-0.15, -0.1) is 0 Å². The molecule has 0 bridgehead atoms. The van der Waals surface area contributed by atoms with E-state index in [1.165, 1.54) is 14.0 Å². The maximum Gasteiger partial charge on any atom is 0.331 e. The predicted molar refractivity (Wildman–Crippen MR) is 53.5 cm³/mol. The second-order valence-corrected chi connectivity index (χ2v) is 4.22. The van der Waals surface area contributed by atoms with Crippen molar-refractivity contribution in [2.75, 3.05) is 7.11 Å². The first kappa shape index (κ1) is 11.6. The monoisotopic (exact) mass is 240 g/mol. The molecule has 0 radical (unpaired) electrons. The summed E-state index contributed by atoms with van der Waals surface area (Å²) in [4.78, 5) is 47.2. The molecule has 92 valence electrons. The number of ether oxygens (including phenoxy) is 1. The molecule has 7 nitrogen and oxygen atoms in total. The Bertz CT molecular complexity index is 426. The van der Waals surface area contributed by atoms with E-state index in [4.69, 9.17) is 0 Å². The molecule has 2 aliphatic rings. The summed E-state index contributed by atoms with van der Waals surface area (Å²) >= 11 is 0. The van der Waals surface area contributed by atoms with E-state index in [1.54, 1.807) is 0 Å². The number of imide groups is 2. The van der Waals surface area contributed by atoms with Gasteiger partial charge in [-0.25, -0.2) is 14.5 Å². The molecule has 0 aromatic carbocycles. The highest BCUT2D eigenvalue weighted by molar-refractivity contribution is 6.21. The van der Waals surface area contributed by atoms with Gasteiger partial charge in [-0.1, -0.05) is 0 Å². The first-order valence-corrected chi connectivity index (χ1v) is 5.21. The fraction of sp³-hybridized carbons (Fsp3) is 0.600. The van der Waals surface area contributed by atoms with Gasteiger partial charge >= 0.3 is 12.0 Å². The number of esters is 1. The number of urea groups is 1. The number of nitrogens with zero attached hydrogens (tertiary/aromatic N) is 1. The zero-order valence-electron chi connectivity index (χ0n) is 9.48. The van der Waals surface area contributed by atoms with Gasteiger partial charge in [-0.3, -0.25) is 14.9 Å². The third kappa shape index (κ3) is 1.49. The zero-order chi connectivity index (χ0) is 12.8. The maximum absolute atomic E-state index is 12.0. The van der Waals surface area contributed by atoms with Crippen molar-refractivity contribution in [2.24, 2.45) is 5.41 Å². The van der Waals surface area contributed by atoms with Crippen LogP contribution < -0.4 is 5.32 Å². The number of methoxy groups -OCH3 is 1. The number of carbonyl (C=O) groups excluding carboxylic acids is 4. The number of carbonyl (C=O) groups is 4. The van der Waals surface area contributed by atoms with Crippen molar-refractivity contribution in [1.29, 1.82) is 0 Å². The van der Waals surface area contributed by atoms with Crippen LogP contribution in [0.15, 0.2) is 0 Å². The van der Waals surface area contributed by atoms with Gasteiger partial charge < -0.3 is 4.74 Å². The zero-order valence-corrected chi connectivity index (χ0v) is 9.48. The smallest absolute Gasteiger partial charge is 0.331 e. The summed E-state index contributed by atoms with van der Waals surface area (Å²) in [5.41, 5.74) is -1.13. The van der Waals surface area contributed by atoms with Gasteiger partial charge in [0.15, 0.2) is 0 Å². The number of nitrogens with one attached hydrogen (secondary N) is 1. The Labute approximate surface area is 97.1 Å². The van der Waals surface area contributed by atoms with E-state index in [-0.39, 0.29) is 0 Å². The average molecular weight is 240 g/mol. The SMILES string of the molecule is COC(=O)C(C)N1C(=O)NC(=O)C2(CC2)C1=O. The maximum atomic E-state index is 12.0. The van der Waals surface area contributed by atoms with Crippen molar-refractivity contribution in [3.05, 3.63) is 0 Å². The van der Waals surface area contributed by atoms with Crippen LogP contribution in [0.1, 0.15) is 19.8 Å². The predicted octanol–water partition coefficient (Wildman–Crippen LogP) is -0.594. The molecule has 1 heterocycles. The van der Waals surface area contributed by atoms with Gasteiger partial charge in [0.25, 0.3) is 0 Å². The summed E-state index contributed by atoms with van der Waals surface area (Å²) in [6.07, 6.45) is 0.824. The number of hydrogen-bond donors (Lipinski definition) is 1. The number of rotatable bonds is 2. The lowest BCUT2D eigenvalue weighted by Gasteiger charge is -2.32. The summed E-state index contributed by atoms with van der Waals surface area (Å²) in [6, 6.07) is -1.89. The highest BCUT2D eigenvalue weighted by Crippen LogP contribution is 2.49. The number of barbiturate groups is 1. The van der Waals surface area contributed by atoms with Crippen LogP contribution in [0.3, 0.4) is 0 Å². The van der Waals surface area contributed by atoms with E-state index in [2.05, 4.69) is 10.1 Å². The molecule has 17 heavy (non-hydrogen) atoms. The van der Waals surface area contributed by atoms with E-state index < -0.39 is 35.3 Å². The average Bonchev–Trinajstić information content (AvgIpc) is 3.07. The van der Waals surface area contributed by atoms with Crippen molar-refractivity contribution in [3.8, 4) is 0 Å². The minimum absolute atomic E-state index is 0.412. The lowest BCUT2D eigenvalue weighted by Crippen LogP contribution is -2.62. The van der Waals surface area contributed by atoms with E-state index in [0.29, 0.717) is 12.8 Å². The minimum atomic E-state index is -1.13. The molecule has 0 aromatic heterocycles. The first-order valence-electron chi connectivity index (χ1n) is 5.21. The van der Waals surface area contributed by atoms with Crippen molar-refractivity contribution in [1.82, 2.24) is 10.2 Å². The molecule has 1 saturated heterocycles. The first-order chi connectivity index (χ1) is 7.94. The Morgan fingerprint density at radius 1 is 1.41 bits per heavy atom. The van der Waals surface area contributed by atoms with Crippen LogP contribution in [-0.2, 0) is 19.1 Å². The van der Waals surface area contributed by atoms with Gasteiger partial charge in [-0.2, -0.15) is 0 Å². The summed E-state index contributed by atoms with van der Waals surface area (Å²) in [7, 11) is 1.17.